The zero-order chi connectivity index (χ0) is 17.3. The summed E-state index contributed by atoms with van der Waals surface area (Å²) >= 11 is 6.08. The molecule has 3 rings (SSSR count). The van der Waals surface area contributed by atoms with Gasteiger partial charge < -0.3 is 16.4 Å². The predicted octanol–water partition coefficient (Wildman–Crippen LogP) is 3.03. The van der Waals surface area contributed by atoms with Gasteiger partial charge in [0.05, 0.1) is 6.04 Å². The maximum absolute atomic E-state index is 12.6. The SMILES string of the molecule is Cc1cc(C(N)=O)cc(C(=O)NC2CCNc3ccc(Cl)cc32)c1. The molecule has 5 nitrogen and oxygen atoms in total. The van der Waals surface area contributed by atoms with Crippen molar-refractivity contribution >= 4 is 29.1 Å². The summed E-state index contributed by atoms with van der Waals surface area (Å²) in [6.07, 6.45) is 0.758. The molecule has 0 radical (unpaired) electrons. The van der Waals surface area contributed by atoms with Gasteiger partial charge in [-0.3, -0.25) is 9.59 Å². The lowest BCUT2D eigenvalue weighted by Crippen LogP contribution is -2.33. The number of halogens is 1. The third-order valence-electron chi connectivity index (χ3n) is 4.07. The van der Waals surface area contributed by atoms with E-state index in [2.05, 4.69) is 10.6 Å². The van der Waals surface area contributed by atoms with E-state index in [0.717, 1.165) is 29.8 Å². The van der Waals surface area contributed by atoms with Gasteiger partial charge in [0, 0.05) is 28.4 Å². The summed E-state index contributed by atoms with van der Waals surface area (Å²) in [5.74, 6) is -0.786. The summed E-state index contributed by atoms with van der Waals surface area (Å²) in [6, 6.07) is 10.4. The molecule has 4 N–H and O–H groups in total. The second kappa shape index (κ2) is 6.53. The Balaban J connectivity index is 1.86. The minimum Gasteiger partial charge on any atom is -0.385 e. The molecular formula is C18H18ClN3O2. The van der Waals surface area contributed by atoms with Crippen LogP contribution in [0.1, 0.15) is 44.3 Å². The smallest absolute Gasteiger partial charge is 0.251 e. The number of aryl methyl sites for hydroxylation is 1. The van der Waals surface area contributed by atoms with E-state index in [9.17, 15) is 9.59 Å². The molecule has 0 fully saturated rings. The highest BCUT2D eigenvalue weighted by atomic mass is 35.5. The van der Waals surface area contributed by atoms with E-state index < -0.39 is 5.91 Å². The minimum absolute atomic E-state index is 0.134. The maximum atomic E-state index is 12.6. The average Bonchev–Trinajstić information content (AvgIpc) is 2.54. The van der Waals surface area contributed by atoms with Gasteiger partial charge in [0.1, 0.15) is 0 Å². The van der Waals surface area contributed by atoms with Crippen LogP contribution in [0.25, 0.3) is 0 Å². The fourth-order valence-electron chi connectivity index (χ4n) is 2.94. The number of fused-ring (bicyclic) bond motifs is 1. The highest BCUT2D eigenvalue weighted by Crippen LogP contribution is 2.32. The molecule has 1 atom stereocenters. The summed E-state index contributed by atoms with van der Waals surface area (Å²) in [5, 5.41) is 6.95. The van der Waals surface area contributed by atoms with Crippen molar-refractivity contribution in [1.82, 2.24) is 5.32 Å². The number of carbonyl (C=O) groups is 2. The molecule has 2 aromatic carbocycles. The molecule has 1 aliphatic heterocycles. The molecule has 1 unspecified atom stereocenters. The number of nitrogens with one attached hydrogen (secondary N) is 2. The summed E-state index contributed by atoms with van der Waals surface area (Å²) < 4.78 is 0. The Kier molecular flexibility index (Phi) is 4.44. The van der Waals surface area contributed by atoms with Crippen LogP contribution in [-0.4, -0.2) is 18.4 Å². The molecule has 0 bridgehead atoms. The van der Waals surface area contributed by atoms with Crippen LogP contribution < -0.4 is 16.4 Å². The first-order valence-corrected chi connectivity index (χ1v) is 8.07. The van der Waals surface area contributed by atoms with Crippen molar-refractivity contribution in [2.24, 2.45) is 5.73 Å². The van der Waals surface area contributed by atoms with E-state index in [1.807, 2.05) is 25.1 Å². The van der Waals surface area contributed by atoms with E-state index in [1.54, 1.807) is 12.1 Å². The van der Waals surface area contributed by atoms with E-state index in [0.29, 0.717) is 16.1 Å². The third-order valence-corrected chi connectivity index (χ3v) is 4.30. The summed E-state index contributed by atoms with van der Waals surface area (Å²) in [7, 11) is 0. The number of nitrogens with two attached hydrogens (primary N) is 1. The summed E-state index contributed by atoms with van der Waals surface area (Å²) in [5.41, 5.74) is 8.82. The third kappa shape index (κ3) is 3.36. The zero-order valence-electron chi connectivity index (χ0n) is 13.2. The van der Waals surface area contributed by atoms with Crippen molar-refractivity contribution < 1.29 is 9.59 Å². The lowest BCUT2D eigenvalue weighted by molar-refractivity contribution is 0.0934. The Morgan fingerprint density at radius 3 is 2.71 bits per heavy atom. The lowest BCUT2D eigenvalue weighted by Gasteiger charge is -2.27. The van der Waals surface area contributed by atoms with Gasteiger partial charge in [-0.2, -0.15) is 0 Å². The highest BCUT2D eigenvalue weighted by Gasteiger charge is 2.23. The quantitative estimate of drug-likeness (QED) is 0.800. The van der Waals surface area contributed by atoms with Crippen LogP contribution >= 0.6 is 11.6 Å². The Bertz CT molecular complexity index is 820. The molecule has 0 aromatic heterocycles. The topological polar surface area (TPSA) is 84.2 Å². The average molecular weight is 344 g/mol. The van der Waals surface area contributed by atoms with Gasteiger partial charge in [-0.15, -0.1) is 0 Å². The van der Waals surface area contributed by atoms with Crippen LogP contribution in [0, 0.1) is 6.92 Å². The van der Waals surface area contributed by atoms with Gasteiger partial charge in [0.2, 0.25) is 5.91 Å². The molecule has 2 amide bonds. The summed E-state index contributed by atoms with van der Waals surface area (Å²) in [4.78, 5) is 24.0. The molecule has 0 saturated carbocycles. The Hall–Kier alpha value is -2.53. The van der Waals surface area contributed by atoms with E-state index in [-0.39, 0.29) is 11.9 Å². The van der Waals surface area contributed by atoms with E-state index in [4.69, 9.17) is 17.3 Å². The van der Waals surface area contributed by atoms with Crippen molar-refractivity contribution in [2.75, 3.05) is 11.9 Å². The van der Waals surface area contributed by atoms with Crippen LogP contribution in [0.4, 0.5) is 5.69 Å². The molecule has 1 heterocycles. The summed E-state index contributed by atoms with van der Waals surface area (Å²) in [6.45, 7) is 2.59. The lowest BCUT2D eigenvalue weighted by atomic mass is 9.97. The molecule has 24 heavy (non-hydrogen) atoms. The van der Waals surface area contributed by atoms with Crippen LogP contribution in [-0.2, 0) is 0 Å². The van der Waals surface area contributed by atoms with Gasteiger partial charge in [-0.1, -0.05) is 11.6 Å². The highest BCUT2D eigenvalue weighted by molar-refractivity contribution is 6.30. The number of amides is 2. The van der Waals surface area contributed by atoms with Crippen LogP contribution in [0.3, 0.4) is 0 Å². The molecule has 1 aliphatic rings. The second-order valence-electron chi connectivity index (χ2n) is 5.93. The normalized spacial score (nSPS) is 16.0. The van der Waals surface area contributed by atoms with Crippen LogP contribution in [0.2, 0.25) is 5.02 Å². The molecular weight excluding hydrogens is 326 g/mol. The first-order valence-electron chi connectivity index (χ1n) is 7.70. The van der Waals surface area contributed by atoms with Crippen LogP contribution in [0.15, 0.2) is 36.4 Å². The fraction of sp³-hybridized carbons (Fsp3) is 0.222. The van der Waals surface area contributed by atoms with Crippen molar-refractivity contribution in [3.8, 4) is 0 Å². The van der Waals surface area contributed by atoms with E-state index in [1.165, 1.54) is 6.07 Å². The molecule has 6 heteroatoms. The fourth-order valence-corrected chi connectivity index (χ4v) is 3.12. The number of anilines is 1. The van der Waals surface area contributed by atoms with Crippen molar-refractivity contribution in [1.29, 1.82) is 0 Å². The van der Waals surface area contributed by atoms with Crippen molar-refractivity contribution in [3.63, 3.8) is 0 Å². The number of carbonyl (C=O) groups excluding carboxylic acids is 2. The Labute approximate surface area is 145 Å². The number of hydrogen-bond acceptors (Lipinski definition) is 3. The number of benzene rings is 2. The van der Waals surface area contributed by atoms with Crippen molar-refractivity contribution in [3.05, 3.63) is 63.7 Å². The zero-order valence-corrected chi connectivity index (χ0v) is 14.0. The van der Waals surface area contributed by atoms with Gasteiger partial charge >= 0.3 is 0 Å². The first-order chi connectivity index (χ1) is 11.4. The van der Waals surface area contributed by atoms with Gasteiger partial charge in [-0.05, 0) is 60.9 Å². The number of hydrogen-bond donors (Lipinski definition) is 3. The van der Waals surface area contributed by atoms with Gasteiger partial charge in [0.15, 0.2) is 0 Å². The van der Waals surface area contributed by atoms with Gasteiger partial charge in [0.25, 0.3) is 5.91 Å². The molecule has 0 saturated heterocycles. The second-order valence-corrected chi connectivity index (χ2v) is 6.36. The van der Waals surface area contributed by atoms with Gasteiger partial charge in [-0.25, -0.2) is 0 Å². The Morgan fingerprint density at radius 1 is 1.21 bits per heavy atom. The molecule has 0 spiro atoms. The molecule has 2 aromatic rings. The monoisotopic (exact) mass is 343 g/mol. The minimum atomic E-state index is -0.549. The number of rotatable bonds is 3. The maximum Gasteiger partial charge on any atom is 0.251 e. The number of primary amides is 1. The van der Waals surface area contributed by atoms with Crippen molar-refractivity contribution in [2.45, 2.75) is 19.4 Å². The van der Waals surface area contributed by atoms with Crippen LogP contribution in [0.5, 0.6) is 0 Å². The largest absolute Gasteiger partial charge is 0.385 e. The molecule has 0 aliphatic carbocycles. The standard InChI is InChI=1S/C18H18ClN3O2/c1-10-6-11(17(20)23)8-12(7-10)18(24)22-16-4-5-21-15-3-2-13(19)9-14(15)16/h2-3,6-9,16,21H,4-5H2,1H3,(H2,20,23)(H,22,24). The van der Waals surface area contributed by atoms with E-state index >= 15 is 0 Å². The first kappa shape index (κ1) is 16.3. The Morgan fingerprint density at radius 2 is 1.96 bits per heavy atom. The molecule has 124 valence electrons. The predicted molar refractivity (Wildman–Crippen MR) is 94.5 cm³/mol.